The third-order valence-corrected chi connectivity index (χ3v) is 4.89. The highest BCUT2D eigenvalue weighted by molar-refractivity contribution is 7.19. The van der Waals surface area contributed by atoms with E-state index < -0.39 is 0 Å². The highest BCUT2D eigenvalue weighted by Gasteiger charge is 2.17. The quantitative estimate of drug-likeness (QED) is 0.487. The van der Waals surface area contributed by atoms with Gasteiger partial charge in [0.1, 0.15) is 10.7 Å². The summed E-state index contributed by atoms with van der Waals surface area (Å²) >= 11 is 1.51. The van der Waals surface area contributed by atoms with Gasteiger partial charge in [0.05, 0.1) is 5.52 Å². The van der Waals surface area contributed by atoms with Crippen molar-refractivity contribution < 1.29 is 0 Å². The molecule has 0 radical (unpaired) electrons. The van der Waals surface area contributed by atoms with Gasteiger partial charge >= 0.3 is 0 Å². The van der Waals surface area contributed by atoms with Crippen LogP contribution in [0.15, 0.2) is 54.7 Å². The molecule has 0 aliphatic rings. The van der Waals surface area contributed by atoms with E-state index in [9.17, 15) is 0 Å². The molecule has 7 heteroatoms. The first-order chi connectivity index (χ1) is 12.3. The number of nitrogens with zero attached hydrogens (tertiary/aromatic N) is 6. The maximum atomic E-state index is 4.75. The lowest BCUT2D eigenvalue weighted by Gasteiger charge is -2.04. The van der Waals surface area contributed by atoms with Crippen LogP contribution in [0.2, 0.25) is 0 Å². The zero-order valence-corrected chi connectivity index (χ0v) is 14.1. The van der Waals surface area contributed by atoms with Crippen molar-refractivity contribution >= 4 is 27.2 Å². The first-order valence-electron chi connectivity index (χ1n) is 7.80. The minimum atomic E-state index is 0.646. The Morgan fingerprint density at radius 1 is 1.00 bits per heavy atom. The van der Waals surface area contributed by atoms with Crippen LogP contribution in [0.1, 0.15) is 5.69 Å². The molecule has 0 aliphatic carbocycles. The van der Waals surface area contributed by atoms with E-state index in [2.05, 4.69) is 32.3 Å². The van der Waals surface area contributed by atoms with Gasteiger partial charge in [-0.05, 0) is 31.2 Å². The molecule has 0 unspecified atom stereocenters. The first kappa shape index (κ1) is 14.2. The molecule has 6 nitrogen and oxygen atoms in total. The van der Waals surface area contributed by atoms with Crippen molar-refractivity contribution in [2.75, 3.05) is 0 Å². The number of hydrogen-bond acceptors (Lipinski definition) is 6. The van der Waals surface area contributed by atoms with E-state index in [1.165, 1.54) is 11.3 Å². The maximum absolute atomic E-state index is 4.75. The van der Waals surface area contributed by atoms with Gasteiger partial charge in [-0.3, -0.25) is 9.97 Å². The molecule has 0 saturated carbocycles. The van der Waals surface area contributed by atoms with E-state index in [1.807, 2.05) is 43.3 Å². The van der Waals surface area contributed by atoms with E-state index in [-0.39, 0.29) is 0 Å². The van der Waals surface area contributed by atoms with E-state index in [4.69, 9.17) is 5.10 Å². The van der Waals surface area contributed by atoms with Crippen LogP contribution in [0, 0.1) is 6.92 Å². The van der Waals surface area contributed by atoms with Crippen LogP contribution in [0.4, 0.5) is 0 Å². The fraction of sp³-hybridized carbons (Fsp3) is 0.0556. The molecule has 0 atom stereocenters. The van der Waals surface area contributed by atoms with Crippen LogP contribution in [0.3, 0.4) is 0 Å². The maximum Gasteiger partial charge on any atom is 0.235 e. The van der Waals surface area contributed by atoms with Crippen molar-refractivity contribution in [2.24, 2.45) is 0 Å². The third kappa shape index (κ3) is 2.28. The Hall–Kier alpha value is -3.19. The van der Waals surface area contributed by atoms with Crippen LogP contribution >= 0.6 is 11.3 Å². The van der Waals surface area contributed by atoms with E-state index in [0.717, 1.165) is 37.8 Å². The largest absolute Gasteiger partial charge is 0.253 e. The van der Waals surface area contributed by atoms with Crippen LogP contribution in [0.5, 0.6) is 0 Å². The van der Waals surface area contributed by atoms with E-state index in [1.54, 1.807) is 10.7 Å². The Bertz CT molecular complexity index is 1210. The summed E-state index contributed by atoms with van der Waals surface area (Å²) in [6, 6.07) is 15.9. The molecule has 1 aromatic carbocycles. The van der Waals surface area contributed by atoms with Crippen molar-refractivity contribution in [1.82, 2.24) is 29.8 Å². The number of aryl methyl sites for hydroxylation is 1. The summed E-state index contributed by atoms with van der Waals surface area (Å²) < 4.78 is 1.76. The number of aromatic nitrogens is 6. The summed E-state index contributed by atoms with van der Waals surface area (Å²) in [4.78, 5) is 9.69. The highest BCUT2D eigenvalue weighted by Crippen LogP contribution is 2.32. The molecule has 0 N–H and O–H groups in total. The topological polar surface area (TPSA) is 68.9 Å². The predicted octanol–water partition coefficient (Wildman–Crippen LogP) is 3.77. The lowest BCUT2D eigenvalue weighted by Crippen LogP contribution is -1.93. The Morgan fingerprint density at radius 3 is 2.76 bits per heavy atom. The van der Waals surface area contributed by atoms with Crippen LogP contribution in [0.25, 0.3) is 38.0 Å². The lowest BCUT2D eigenvalue weighted by atomic mass is 10.1. The molecule has 0 bridgehead atoms. The number of rotatable bonds is 2. The Morgan fingerprint density at radius 2 is 1.88 bits per heavy atom. The van der Waals surface area contributed by atoms with Gasteiger partial charge in [0, 0.05) is 22.8 Å². The molecular formula is C18H12N6S. The van der Waals surface area contributed by atoms with Gasteiger partial charge in [-0.1, -0.05) is 35.6 Å². The summed E-state index contributed by atoms with van der Waals surface area (Å²) in [6.45, 7) is 2.00. The standard InChI is InChI=1S/C18H12N6S/c1-11-10-13(12-6-2-3-7-14(12)20-11)17-23-24-16(21-22-18(24)25-17)15-8-4-5-9-19-15/h2-10H,1H3. The molecule has 0 aliphatic heterocycles. The average Bonchev–Trinajstić information content (AvgIpc) is 3.22. The zero-order valence-electron chi connectivity index (χ0n) is 13.3. The molecular weight excluding hydrogens is 332 g/mol. The second-order valence-electron chi connectivity index (χ2n) is 5.67. The molecule has 0 amide bonds. The summed E-state index contributed by atoms with van der Waals surface area (Å²) in [5.41, 5.74) is 3.74. The smallest absolute Gasteiger partial charge is 0.235 e. The highest BCUT2D eigenvalue weighted by atomic mass is 32.1. The molecule has 25 heavy (non-hydrogen) atoms. The van der Waals surface area contributed by atoms with Gasteiger partial charge in [-0.25, -0.2) is 0 Å². The van der Waals surface area contributed by atoms with Gasteiger partial charge in [0.15, 0.2) is 0 Å². The van der Waals surface area contributed by atoms with Crippen molar-refractivity contribution in [3.05, 3.63) is 60.4 Å². The summed E-state index contributed by atoms with van der Waals surface area (Å²) in [5, 5.41) is 15.2. The SMILES string of the molecule is Cc1cc(-c2nn3c(-c4ccccn4)nnc3s2)c2ccccc2n1. The van der Waals surface area contributed by atoms with Crippen molar-refractivity contribution in [3.8, 4) is 22.1 Å². The molecule has 5 rings (SSSR count). The van der Waals surface area contributed by atoms with Crippen molar-refractivity contribution in [1.29, 1.82) is 0 Å². The zero-order chi connectivity index (χ0) is 16.8. The third-order valence-electron chi connectivity index (χ3n) is 3.96. The Balaban J connectivity index is 1.74. The van der Waals surface area contributed by atoms with E-state index in [0.29, 0.717) is 5.82 Å². The monoisotopic (exact) mass is 344 g/mol. The molecule has 0 fully saturated rings. The van der Waals surface area contributed by atoms with Gasteiger partial charge in [-0.2, -0.15) is 9.61 Å². The number of para-hydroxylation sites is 1. The molecule has 0 spiro atoms. The fourth-order valence-electron chi connectivity index (χ4n) is 2.87. The van der Waals surface area contributed by atoms with Gasteiger partial charge in [0.25, 0.3) is 0 Å². The molecule has 5 aromatic rings. The number of fused-ring (bicyclic) bond motifs is 2. The minimum Gasteiger partial charge on any atom is -0.253 e. The van der Waals surface area contributed by atoms with Crippen LogP contribution < -0.4 is 0 Å². The minimum absolute atomic E-state index is 0.646. The predicted molar refractivity (Wildman–Crippen MR) is 97.4 cm³/mol. The first-order valence-corrected chi connectivity index (χ1v) is 8.62. The molecule has 4 heterocycles. The second-order valence-corrected chi connectivity index (χ2v) is 6.62. The normalized spacial score (nSPS) is 11.4. The number of benzene rings is 1. The fourth-order valence-corrected chi connectivity index (χ4v) is 3.73. The van der Waals surface area contributed by atoms with Gasteiger partial charge < -0.3 is 0 Å². The van der Waals surface area contributed by atoms with Gasteiger partial charge in [-0.15, -0.1) is 10.2 Å². The number of hydrogen-bond donors (Lipinski definition) is 0. The molecule has 4 aromatic heterocycles. The number of pyridine rings is 2. The van der Waals surface area contributed by atoms with E-state index >= 15 is 0 Å². The lowest BCUT2D eigenvalue weighted by molar-refractivity contribution is 0.962. The van der Waals surface area contributed by atoms with Crippen LogP contribution in [-0.4, -0.2) is 29.8 Å². The summed E-state index contributed by atoms with van der Waals surface area (Å²) in [6.07, 6.45) is 1.74. The average molecular weight is 344 g/mol. The molecule has 120 valence electrons. The Labute approximate surface area is 146 Å². The van der Waals surface area contributed by atoms with Gasteiger partial charge in [0.2, 0.25) is 10.8 Å². The second kappa shape index (κ2) is 5.42. The Kier molecular flexibility index (Phi) is 3.07. The van der Waals surface area contributed by atoms with Crippen molar-refractivity contribution in [2.45, 2.75) is 6.92 Å². The molecule has 0 saturated heterocycles. The van der Waals surface area contributed by atoms with Crippen molar-refractivity contribution in [3.63, 3.8) is 0 Å². The summed E-state index contributed by atoms with van der Waals surface area (Å²) in [5.74, 6) is 0.646. The summed E-state index contributed by atoms with van der Waals surface area (Å²) in [7, 11) is 0. The van der Waals surface area contributed by atoms with Crippen LogP contribution in [-0.2, 0) is 0 Å².